The molecule has 5 heteroatoms. The fourth-order valence-electron chi connectivity index (χ4n) is 2.33. The van der Waals surface area contributed by atoms with E-state index >= 15 is 0 Å². The van der Waals surface area contributed by atoms with Crippen molar-refractivity contribution in [1.82, 2.24) is 9.13 Å². The molecule has 0 N–H and O–H groups in total. The van der Waals surface area contributed by atoms with Gasteiger partial charge in [0.2, 0.25) is 9.12 Å². The zero-order chi connectivity index (χ0) is 11.2. The average Bonchev–Trinajstić information content (AvgIpc) is 2.38. The minimum Gasteiger partial charge on any atom is -0.379 e. The minimum atomic E-state index is -1.07. The summed E-state index contributed by atoms with van der Waals surface area (Å²) in [7, 11) is -1.07. The van der Waals surface area contributed by atoms with Gasteiger partial charge in [-0.15, -0.1) is 0 Å². The summed E-state index contributed by atoms with van der Waals surface area (Å²) in [6.45, 7) is 10.1. The number of ether oxygens (including phenoxy) is 2. The molecular formula is C11H22N2O2Si. The van der Waals surface area contributed by atoms with Crippen molar-refractivity contribution < 1.29 is 9.47 Å². The van der Waals surface area contributed by atoms with Gasteiger partial charge in [0.15, 0.2) is 0 Å². The zero-order valence-electron chi connectivity index (χ0n) is 10.1. The molecule has 0 aromatic heterocycles. The molecule has 0 saturated carbocycles. The van der Waals surface area contributed by atoms with Gasteiger partial charge in [-0.2, -0.15) is 0 Å². The molecule has 0 unspecified atom stereocenters. The average molecular weight is 242 g/mol. The van der Waals surface area contributed by atoms with Crippen molar-refractivity contribution in [1.29, 1.82) is 0 Å². The molecule has 0 radical (unpaired) electrons. The van der Waals surface area contributed by atoms with Gasteiger partial charge in [-0.25, -0.2) is 0 Å². The SMILES string of the molecule is CC=C[SiH](N1CCOCC1)N1CCOCC1. The van der Waals surface area contributed by atoms with E-state index in [-0.39, 0.29) is 0 Å². The quantitative estimate of drug-likeness (QED) is 0.650. The van der Waals surface area contributed by atoms with Gasteiger partial charge >= 0.3 is 0 Å². The molecule has 0 atom stereocenters. The molecule has 0 bridgehead atoms. The van der Waals surface area contributed by atoms with E-state index < -0.39 is 9.12 Å². The highest BCUT2D eigenvalue weighted by Crippen LogP contribution is 2.09. The zero-order valence-corrected chi connectivity index (χ0v) is 11.3. The fourth-order valence-corrected chi connectivity index (χ4v) is 5.10. The van der Waals surface area contributed by atoms with Crippen molar-refractivity contribution in [2.24, 2.45) is 0 Å². The van der Waals surface area contributed by atoms with Crippen molar-refractivity contribution in [2.75, 3.05) is 52.6 Å². The standard InChI is InChI=1S/C11H22N2O2Si/c1-2-11-16(12-3-7-14-8-4-12)13-5-9-15-10-6-13/h2,11,16H,3-10H2,1H3. The second-order valence-electron chi connectivity index (χ2n) is 4.24. The molecular weight excluding hydrogens is 220 g/mol. The van der Waals surface area contributed by atoms with E-state index in [0.29, 0.717) is 0 Å². The summed E-state index contributed by atoms with van der Waals surface area (Å²) in [6, 6.07) is 0. The third-order valence-electron chi connectivity index (χ3n) is 3.20. The number of rotatable bonds is 3. The third kappa shape index (κ3) is 3.15. The van der Waals surface area contributed by atoms with Gasteiger partial charge in [-0.1, -0.05) is 11.8 Å². The summed E-state index contributed by atoms with van der Waals surface area (Å²) < 4.78 is 16.1. The minimum absolute atomic E-state index is 0.894. The summed E-state index contributed by atoms with van der Waals surface area (Å²) in [6.07, 6.45) is 2.21. The van der Waals surface area contributed by atoms with Gasteiger partial charge in [-0.3, -0.25) is 0 Å². The molecule has 2 aliphatic rings. The highest BCUT2D eigenvalue weighted by molar-refractivity contribution is 6.58. The predicted octanol–water partition coefficient (Wildman–Crippen LogP) is -0.0134. The molecule has 92 valence electrons. The van der Waals surface area contributed by atoms with Crippen molar-refractivity contribution in [3.8, 4) is 0 Å². The normalized spacial score (nSPS) is 25.6. The Bertz CT molecular complexity index is 208. The lowest BCUT2D eigenvalue weighted by Crippen LogP contribution is -2.58. The van der Waals surface area contributed by atoms with Crippen LogP contribution < -0.4 is 0 Å². The van der Waals surface area contributed by atoms with Gasteiger partial charge in [0, 0.05) is 26.2 Å². The Morgan fingerprint density at radius 1 is 0.875 bits per heavy atom. The Hall–Kier alpha value is -0.203. The first-order valence-electron chi connectivity index (χ1n) is 6.18. The lowest BCUT2D eigenvalue weighted by Gasteiger charge is -2.40. The molecule has 2 saturated heterocycles. The van der Waals surface area contributed by atoms with Crippen LogP contribution in [0.5, 0.6) is 0 Å². The first-order valence-corrected chi connectivity index (χ1v) is 7.88. The Labute approximate surface area is 99.6 Å². The molecule has 2 aliphatic heterocycles. The van der Waals surface area contributed by atoms with Crippen LogP contribution in [0.3, 0.4) is 0 Å². The van der Waals surface area contributed by atoms with Crippen LogP contribution in [0.15, 0.2) is 11.8 Å². The van der Waals surface area contributed by atoms with Crippen molar-refractivity contribution in [2.45, 2.75) is 6.92 Å². The Kier molecular flexibility index (Phi) is 4.99. The van der Waals surface area contributed by atoms with Gasteiger partial charge < -0.3 is 18.6 Å². The second-order valence-corrected chi connectivity index (χ2v) is 6.91. The summed E-state index contributed by atoms with van der Waals surface area (Å²) in [5.41, 5.74) is 2.43. The van der Waals surface area contributed by atoms with Gasteiger partial charge in [0.1, 0.15) is 0 Å². The number of hydrogen-bond donors (Lipinski definition) is 0. The lowest BCUT2D eigenvalue weighted by molar-refractivity contribution is 0.0503. The maximum Gasteiger partial charge on any atom is 0.215 e. The van der Waals surface area contributed by atoms with E-state index in [9.17, 15) is 0 Å². The number of morpholine rings is 2. The van der Waals surface area contributed by atoms with E-state index in [1.165, 1.54) is 0 Å². The fraction of sp³-hybridized carbons (Fsp3) is 0.818. The van der Waals surface area contributed by atoms with Crippen LogP contribution in [0.4, 0.5) is 0 Å². The van der Waals surface area contributed by atoms with Gasteiger partial charge in [0.25, 0.3) is 0 Å². The molecule has 0 amide bonds. The Morgan fingerprint density at radius 2 is 1.31 bits per heavy atom. The summed E-state index contributed by atoms with van der Waals surface area (Å²) in [5.74, 6) is 0. The molecule has 2 rings (SSSR count). The van der Waals surface area contributed by atoms with Crippen LogP contribution in [0.1, 0.15) is 6.92 Å². The van der Waals surface area contributed by atoms with Crippen LogP contribution in [0.25, 0.3) is 0 Å². The maximum atomic E-state index is 5.43. The van der Waals surface area contributed by atoms with E-state index in [4.69, 9.17) is 9.47 Å². The topological polar surface area (TPSA) is 24.9 Å². The maximum absolute atomic E-state index is 5.43. The predicted molar refractivity (Wildman–Crippen MR) is 66.7 cm³/mol. The molecule has 2 fully saturated rings. The Morgan fingerprint density at radius 3 is 1.69 bits per heavy atom. The van der Waals surface area contributed by atoms with Crippen molar-refractivity contribution >= 4 is 9.12 Å². The van der Waals surface area contributed by atoms with Gasteiger partial charge in [-0.05, 0) is 6.92 Å². The molecule has 0 aromatic rings. The van der Waals surface area contributed by atoms with Crippen LogP contribution in [0, 0.1) is 0 Å². The molecule has 4 nitrogen and oxygen atoms in total. The smallest absolute Gasteiger partial charge is 0.215 e. The Balaban J connectivity index is 1.96. The highest BCUT2D eigenvalue weighted by atomic mass is 28.3. The van der Waals surface area contributed by atoms with Crippen LogP contribution in [-0.2, 0) is 9.47 Å². The molecule has 0 aliphatic carbocycles. The highest BCUT2D eigenvalue weighted by Gasteiger charge is 2.27. The molecule has 16 heavy (non-hydrogen) atoms. The van der Waals surface area contributed by atoms with Crippen LogP contribution in [-0.4, -0.2) is 70.9 Å². The molecule has 0 spiro atoms. The second kappa shape index (κ2) is 6.51. The largest absolute Gasteiger partial charge is 0.379 e. The monoisotopic (exact) mass is 242 g/mol. The molecule has 2 heterocycles. The van der Waals surface area contributed by atoms with Crippen molar-refractivity contribution in [3.05, 3.63) is 11.8 Å². The first kappa shape index (κ1) is 12.3. The van der Waals surface area contributed by atoms with Crippen molar-refractivity contribution in [3.63, 3.8) is 0 Å². The van der Waals surface area contributed by atoms with E-state index in [2.05, 4.69) is 27.8 Å². The number of hydrogen-bond acceptors (Lipinski definition) is 4. The third-order valence-corrected chi connectivity index (χ3v) is 6.46. The number of allylic oxidation sites excluding steroid dienone is 1. The van der Waals surface area contributed by atoms with Crippen LogP contribution >= 0.6 is 0 Å². The summed E-state index contributed by atoms with van der Waals surface area (Å²) in [5, 5.41) is 0. The summed E-state index contributed by atoms with van der Waals surface area (Å²) in [4.78, 5) is 0. The lowest BCUT2D eigenvalue weighted by atomic mass is 10.5. The van der Waals surface area contributed by atoms with E-state index in [1.54, 1.807) is 0 Å². The molecule has 0 aromatic carbocycles. The van der Waals surface area contributed by atoms with E-state index in [0.717, 1.165) is 52.6 Å². The first-order chi connectivity index (χ1) is 7.92. The van der Waals surface area contributed by atoms with E-state index in [1.807, 2.05) is 0 Å². The van der Waals surface area contributed by atoms with Crippen LogP contribution in [0.2, 0.25) is 0 Å². The van der Waals surface area contributed by atoms with Gasteiger partial charge in [0.05, 0.1) is 26.4 Å². The number of nitrogens with zero attached hydrogens (tertiary/aromatic N) is 2. The summed E-state index contributed by atoms with van der Waals surface area (Å²) >= 11 is 0.